The highest BCUT2D eigenvalue weighted by molar-refractivity contribution is 8.00. The van der Waals surface area contributed by atoms with Crippen molar-refractivity contribution in [3.05, 3.63) is 0 Å². The van der Waals surface area contributed by atoms with Crippen LogP contribution < -0.4 is 5.32 Å². The van der Waals surface area contributed by atoms with Gasteiger partial charge in [-0.3, -0.25) is 0 Å². The molecule has 0 aromatic carbocycles. The number of hydrogen-bond donors (Lipinski definition) is 1. The molecular formula is C13H27N3S. The van der Waals surface area contributed by atoms with E-state index in [1.54, 1.807) is 0 Å². The summed E-state index contributed by atoms with van der Waals surface area (Å²) in [6.45, 7) is 12.4. The third kappa shape index (κ3) is 4.78. The van der Waals surface area contributed by atoms with Crippen molar-refractivity contribution in [3.8, 4) is 0 Å². The minimum Gasteiger partial charge on any atom is -0.315 e. The first-order valence-electron chi connectivity index (χ1n) is 7.15. The minimum absolute atomic E-state index is 0.884. The first-order valence-corrected chi connectivity index (χ1v) is 8.20. The fraction of sp³-hybridized carbons (Fsp3) is 1.00. The first-order chi connectivity index (χ1) is 8.38. The molecule has 0 spiro atoms. The second-order valence-electron chi connectivity index (χ2n) is 5.15. The van der Waals surface area contributed by atoms with Crippen LogP contribution in [0, 0.1) is 0 Å². The average molecular weight is 257 g/mol. The number of rotatable bonds is 4. The van der Waals surface area contributed by atoms with E-state index in [2.05, 4.69) is 33.8 Å². The van der Waals surface area contributed by atoms with Gasteiger partial charge in [0.25, 0.3) is 0 Å². The zero-order valence-corrected chi connectivity index (χ0v) is 12.0. The predicted octanol–water partition coefficient (Wildman–Crippen LogP) is 1.11. The van der Waals surface area contributed by atoms with Gasteiger partial charge >= 0.3 is 0 Å². The highest BCUT2D eigenvalue weighted by Gasteiger charge is 2.19. The summed E-state index contributed by atoms with van der Waals surface area (Å²) in [6.07, 6.45) is 2.64. The van der Waals surface area contributed by atoms with Crippen LogP contribution in [0.3, 0.4) is 0 Å². The van der Waals surface area contributed by atoms with Gasteiger partial charge in [-0.1, -0.05) is 6.92 Å². The van der Waals surface area contributed by atoms with Crippen molar-refractivity contribution in [3.63, 3.8) is 0 Å². The Kier molecular flexibility index (Phi) is 6.12. The molecule has 2 aliphatic heterocycles. The second-order valence-corrected chi connectivity index (χ2v) is 6.56. The van der Waals surface area contributed by atoms with Gasteiger partial charge in [0.05, 0.1) is 0 Å². The molecule has 0 aromatic heterocycles. The van der Waals surface area contributed by atoms with Crippen molar-refractivity contribution in [2.24, 2.45) is 0 Å². The summed E-state index contributed by atoms with van der Waals surface area (Å²) in [4.78, 5) is 5.30. The lowest BCUT2D eigenvalue weighted by Gasteiger charge is -2.33. The van der Waals surface area contributed by atoms with Gasteiger partial charge in [0.1, 0.15) is 0 Å². The Balaban J connectivity index is 1.66. The molecule has 100 valence electrons. The van der Waals surface area contributed by atoms with Crippen molar-refractivity contribution in [2.45, 2.75) is 25.0 Å². The third-order valence-electron chi connectivity index (χ3n) is 3.84. The topological polar surface area (TPSA) is 18.5 Å². The lowest BCUT2D eigenvalue weighted by Crippen LogP contribution is -2.42. The standard InChI is InChI=1S/C13H27N3S/c1-2-13-12-16(10-11-17-13)9-8-15-6-3-4-14-5-7-15/h13-14H,2-12H2,1H3. The molecule has 0 amide bonds. The molecule has 0 saturated carbocycles. The van der Waals surface area contributed by atoms with Crippen LogP contribution in [0.5, 0.6) is 0 Å². The molecule has 2 aliphatic rings. The van der Waals surface area contributed by atoms with Crippen molar-refractivity contribution < 1.29 is 0 Å². The van der Waals surface area contributed by atoms with Crippen molar-refractivity contribution in [2.75, 3.05) is 58.1 Å². The fourth-order valence-electron chi connectivity index (χ4n) is 2.64. The van der Waals surface area contributed by atoms with E-state index in [0.717, 1.165) is 5.25 Å². The van der Waals surface area contributed by atoms with Crippen LogP contribution in [0.2, 0.25) is 0 Å². The Hall–Kier alpha value is 0.230. The Morgan fingerprint density at radius 2 is 2.00 bits per heavy atom. The second kappa shape index (κ2) is 7.62. The van der Waals surface area contributed by atoms with Crippen molar-refractivity contribution in [1.29, 1.82) is 0 Å². The highest BCUT2D eigenvalue weighted by atomic mass is 32.2. The van der Waals surface area contributed by atoms with E-state index in [-0.39, 0.29) is 0 Å². The maximum atomic E-state index is 3.47. The summed E-state index contributed by atoms with van der Waals surface area (Å²) in [6, 6.07) is 0. The summed E-state index contributed by atoms with van der Waals surface area (Å²) in [5.74, 6) is 1.33. The molecule has 0 aliphatic carbocycles. The average Bonchev–Trinajstić information content (AvgIpc) is 2.65. The van der Waals surface area contributed by atoms with E-state index in [1.165, 1.54) is 71.0 Å². The zero-order chi connectivity index (χ0) is 11.9. The van der Waals surface area contributed by atoms with E-state index >= 15 is 0 Å². The largest absolute Gasteiger partial charge is 0.315 e. The molecule has 1 atom stereocenters. The van der Waals surface area contributed by atoms with E-state index in [1.807, 2.05) is 0 Å². The Morgan fingerprint density at radius 3 is 2.88 bits per heavy atom. The molecule has 2 rings (SSSR count). The predicted molar refractivity (Wildman–Crippen MR) is 76.9 cm³/mol. The summed E-state index contributed by atoms with van der Waals surface area (Å²) in [5, 5.41) is 4.36. The van der Waals surface area contributed by atoms with Gasteiger partial charge in [-0.05, 0) is 25.9 Å². The molecule has 0 bridgehead atoms. The minimum atomic E-state index is 0.884. The van der Waals surface area contributed by atoms with E-state index in [4.69, 9.17) is 0 Å². The van der Waals surface area contributed by atoms with Gasteiger partial charge in [-0.25, -0.2) is 0 Å². The molecule has 3 nitrogen and oxygen atoms in total. The SMILES string of the molecule is CCC1CN(CCN2CCCNCC2)CCS1. The number of hydrogen-bond acceptors (Lipinski definition) is 4. The molecule has 1 N–H and O–H groups in total. The summed E-state index contributed by atoms with van der Waals surface area (Å²) in [5.41, 5.74) is 0. The fourth-order valence-corrected chi connectivity index (χ4v) is 3.89. The lowest BCUT2D eigenvalue weighted by atomic mass is 10.3. The first kappa shape index (κ1) is 13.7. The van der Waals surface area contributed by atoms with Crippen LogP contribution in [-0.4, -0.2) is 73.2 Å². The Morgan fingerprint density at radius 1 is 1.12 bits per heavy atom. The van der Waals surface area contributed by atoms with Gasteiger partial charge in [-0.15, -0.1) is 0 Å². The normalized spacial score (nSPS) is 29.1. The number of thioether (sulfide) groups is 1. The van der Waals surface area contributed by atoms with E-state index < -0.39 is 0 Å². The maximum absolute atomic E-state index is 3.47. The Bertz CT molecular complexity index is 205. The summed E-state index contributed by atoms with van der Waals surface area (Å²) >= 11 is 2.17. The van der Waals surface area contributed by atoms with Crippen LogP contribution in [0.1, 0.15) is 19.8 Å². The van der Waals surface area contributed by atoms with E-state index in [9.17, 15) is 0 Å². The van der Waals surface area contributed by atoms with Gasteiger partial charge < -0.3 is 15.1 Å². The third-order valence-corrected chi connectivity index (χ3v) is 5.22. The van der Waals surface area contributed by atoms with Gasteiger partial charge in [0, 0.05) is 50.3 Å². The molecule has 17 heavy (non-hydrogen) atoms. The molecule has 0 aromatic rings. The van der Waals surface area contributed by atoms with Crippen molar-refractivity contribution in [1.82, 2.24) is 15.1 Å². The monoisotopic (exact) mass is 257 g/mol. The lowest BCUT2D eigenvalue weighted by molar-refractivity contribution is 0.213. The van der Waals surface area contributed by atoms with Crippen LogP contribution in [0.4, 0.5) is 0 Å². The molecule has 2 heterocycles. The van der Waals surface area contributed by atoms with E-state index in [0.29, 0.717) is 0 Å². The zero-order valence-electron chi connectivity index (χ0n) is 11.2. The van der Waals surface area contributed by atoms with Crippen LogP contribution in [0.25, 0.3) is 0 Å². The van der Waals surface area contributed by atoms with Gasteiger partial charge in [0.2, 0.25) is 0 Å². The molecule has 4 heteroatoms. The summed E-state index contributed by atoms with van der Waals surface area (Å²) in [7, 11) is 0. The van der Waals surface area contributed by atoms with Crippen LogP contribution >= 0.6 is 11.8 Å². The molecule has 2 saturated heterocycles. The van der Waals surface area contributed by atoms with Crippen LogP contribution in [-0.2, 0) is 0 Å². The molecule has 0 radical (unpaired) electrons. The Labute approximate surface area is 110 Å². The number of nitrogens with zero attached hydrogens (tertiary/aromatic N) is 2. The van der Waals surface area contributed by atoms with Crippen LogP contribution in [0.15, 0.2) is 0 Å². The quantitative estimate of drug-likeness (QED) is 0.813. The molecule has 2 fully saturated rings. The maximum Gasteiger partial charge on any atom is 0.0172 e. The smallest absolute Gasteiger partial charge is 0.0172 e. The van der Waals surface area contributed by atoms with Gasteiger partial charge in [-0.2, -0.15) is 11.8 Å². The summed E-state index contributed by atoms with van der Waals surface area (Å²) < 4.78 is 0. The number of nitrogens with one attached hydrogen (secondary N) is 1. The molecule has 1 unspecified atom stereocenters. The highest BCUT2D eigenvalue weighted by Crippen LogP contribution is 2.20. The van der Waals surface area contributed by atoms with Gasteiger partial charge in [0.15, 0.2) is 0 Å². The molecular weight excluding hydrogens is 230 g/mol. The van der Waals surface area contributed by atoms with Crippen molar-refractivity contribution >= 4 is 11.8 Å².